The molecular formula is C17H16ClFN2O3S. The lowest BCUT2D eigenvalue weighted by molar-refractivity contribution is 0.212. The van der Waals surface area contributed by atoms with Gasteiger partial charge in [0.1, 0.15) is 11.1 Å². The molecule has 2 aromatic rings. The van der Waals surface area contributed by atoms with E-state index in [1.807, 2.05) is 6.07 Å². The van der Waals surface area contributed by atoms with Crippen molar-refractivity contribution in [2.24, 2.45) is 0 Å². The molecule has 0 spiro atoms. The fourth-order valence-corrected chi connectivity index (χ4v) is 4.64. The molecule has 1 aliphatic heterocycles. The van der Waals surface area contributed by atoms with Crippen LogP contribution in [0.4, 0.5) is 14.9 Å². The molecule has 1 saturated heterocycles. The number of halogens is 2. The molecule has 0 aromatic heterocycles. The number of urea groups is 1. The molecule has 0 radical (unpaired) electrons. The number of sulfone groups is 1. The van der Waals surface area contributed by atoms with Gasteiger partial charge in [-0.3, -0.25) is 0 Å². The van der Waals surface area contributed by atoms with Crippen LogP contribution in [0, 0.1) is 5.82 Å². The monoisotopic (exact) mass is 382 g/mol. The van der Waals surface area contributed by atoms with Crippen molar-refractivity contribution in [2.75, 3.05) is 24.2 Å². The van der Waals surface area contributed by atoms with Crippen LogP contribution in [0.25, 0.3) is 0 Å². The number of nitrogens with zero attached hydrogens (tertiary/aromatic N) is 1. The normalized spacial score (nSPS) is 19.4. The van der Waals surface area contributed by atoms with Crippen molar-refractivity contribution in [3.05, 3.63) is 64.9 Å². The molecule has 3 rings (SSSR count). The second kappa shape index (κ2) is 7.01. The van der Waals surface area contributed by atoms with E-state index in [-0.39, 0.29) is 23.9 Å². The van der Waals surface area contributed by atoms with Crippen LogP contribution < -0.4 is 5.32 Å². The Hall–Kier alpha value is -2.12. The predicted octanol–water partition coefficient (Wildman–Crippen LogP) is 3.48. The van der Waals surface area contributed by atoms with Gasteiger partial charge in [-0.1, -0.05) is 41.9 Å². The number of hydrogen-bond acceptors (Lipinski definition) is 3. The zero-order chi connectivity index (χ0) is 18.0. The fourth-order valence-electron chi connectivity index (χ4n) is 2.73. The SMILES string of the molecule is O=C(Nc1ccc(F)c(Cl)c1)N1CCS(=O)(=O)C(c2ccccc2)C1. The number of hydrogen-bond donors (Lipinski definition) is 1. The summed E-state index contributed by atoms with van der Waals surface area (Å²) in [7, 11) is -3.32. The maximum absolute atomic E-state index is 13.2. The molecule has 0 bridgehead atoms. The minimum absolute atomic E-state index is 0.0626. The van der Waals surface area contributed by atoms with E-state index in [1.165, 1.54) is 17.0 Å². The Morgan fingerprint density at radius 1 is 1.20 bits per heavy atom. The fraction of sp³-hybridized carbons (Fsp3) is 0.235. The molecule has 0 saturated carbocycles. The zero-order valence-electron chi connectivity index (χ0n) is 13.2. The van der Waals surface area contributed by atoms with Crippen LogP contribution in [0.5, 0.6) is 0 Å². The summed E-state index contributed by atoms with van der Waals surface area (Å²) in [6.45, 7) is 0.166. The van der Waals surface area contributed by atoms with Gasteiger partial charge in [-0.2, -0.15) is 0 Å². The van der Waals surface area contributed by atoms with Crippen molar-refractivity contribution in [1.82, 2.24) is 4.90 Å². The summed E-state index contributed by atoms with van der Waals surface area (Å²) in [5.41, 5.74) is 1.01. The van der Waals surface area contributed by atoms with Crippen molar-refractivity contribution in [1.29, 1.82) is 0 Å². The lowest BCUT2D eigenvalue weighted by Gasteiger charge is -2.32. The molecule has 1 heterocycles. The summed E-state index contributed by atoms with van der Waals surface area (Å²) in [6.07, 6.45) is 0. The number of amides is 2. The van der Waals surface area contributed by atoms with E-state index >= 15 is 0 Å². The minimum atomic E-state index is -3.32. The van der Waals surface area contributed by atoms with Crippen LogP contribution in [0.2, 0.25) is 5.02 Å². The highest BCUT2D eigenvalue weighted by molar-refractivity contribution is 7.91. The van der Waals surface area contributed by atoms with E-state index in [0.717, 1.165) is 6.07 Å². The first-order chi connectivity index (χ1) is 11.9. The summed E-state index contributed by atoms with van der Waals surface area (Å²) in [5.74, 6) is -0.683. The van der Waals surface area contributed by atoms with Crippen molar-refractivity contribution >= 4 is 33.2 Å². The summed E-state index contributed by atoms with van der Waals surface area (Å²) >= 11 is 5.70. The Morgan fingerprint density at radius 2 is 1.92 bits per heavy atom. The Kier molecular flexibility index (Phi) is 4.96. The van der Waals surface area contributed by atoms with Crippen molar-refractivity contribution in [2.45, 2.75) is 5.25 Å². The molecule has 8 heteroatoms. The van der Waals surface area contributed by atoms with E-state index in [1.54, 1.807) is 24.3 Å². The Bertz CT molecular complexity index is 890. The van der Waals surface area contributed by atoms with Crippen molar-refractivity contribution < 1.29 is 17.6 Å². The number of nitrogens with one attached hydrogen (secondary N) is 1. The minimum Gasteiger partial charge on any atom is -0.322 e. The van der Waals surface area contributed by atoms with Crippen LogP contribution in [0.15, 0.2) is 48.5 Å². The maximum atomic E-state index is 13.2. The van der Waals surface area contributed by atoms with Gasteiger partial charge in [0, 0.05) is 18.8 Å². The van der Waals surface area contributed by atoms with Gasteiger partial charge in [-0.15, -0.1) is 0 Å². The number of anilines is 1. The van der Waals surface area contributed by atoms with E-state index in [4.69, 9.17) is 11.6 Å². The van der Waals surface area contributed by atoms with Gasteiger partial charge in [-0.05, 0) is 23.8 Å². The van der Waals surface area contributed by atoms with Gasteiger partial charge >= 0.3 is 6.03 Å². The number of carbonyl (C=O) groups excluding carboxylic acids is 1. The molecule has 1 unspecified atom stereocenters. The van der Waals surface area contributed by atoms with Crippen LogP contribution in [-0.4, -0.2) is 38.2 Å². The molecule has 132 valence electrons. The molecule has 1 fully saturated rings. The van der Waals surface area contributed by atoms with Gasteiger partial charge in [0.25, 0.3) is 0 Å². The molecule has 1 N–H and O–H groups in total. The summed E-state index contributed by atoms with van der Waals surface area (Å²) in [6, 6.07) is 12.2. The molecule has 1 atom stereocenters. The van der Waals surface area contributed by atoms with Crippen LogP contribution in [0.1, 0.15) is 10.8 Å². The van der Waals surface area contributed by atoms with Gasteiger partial charge in [-0.25, -0.2) is 17.6 Å². The van der Waals surface area contributed by atoms with Gasteiger partial charge < -0.3 is 10.2 Å². The first-order valence-corrected chi connectivity index (χ1v) is 9.73. The predicted molar refractivity (Wildman–Crippen MR) is 95.0 cm³/mol. The van der Waals surface area contributed by atoms with E-state index in [9.17, 15) is 17.6 Å². The molecule has 0 aliphatic carbocycles. The highest BCUT2D eigenvalue weighted by Gasteiger charge is 2.35. The average molecular weight is 383 g/mol. The topological polar surface area (TPSA) is 66.5 Å². The smallest absolute Gasteiger partial charge is 0.321 e. The summed E-state index contributed by atoms with van der Waals surface area (Å²) < 4.78 is 37.9. The first kappa shape index (κ1) is 17.7. The van der Waals surface area contributed by atoms with E-state index in [0.29, 0.717) is 11.3 Å². The quantitative estimate of drug-likeness (QED) is 0.864. The Balaban J connectivity index is 1.76. The maximum Gasteiger partial charge on any atom is 0.321 e. The molecule has 25 heavy (non-hydrogen) atoms. The van der Waals surface area contributed by atoms with Crippen LogP contribution in [-0.2, 0) is 9.84 Å². The Labute approximate surface area is 150 Å². The number of benzene rings is 2. The second-order valence-corrected chi connectivity index (χ2v) is 8.48. The van der Waals surface area contributed by atoms with Crippen LogP contribution in [0.3, 0.4) is 0 Å². The second-order valence-electron chi connectivity index (χ2n) is 5.77. The largest absolute Gasteiger partial charge is 0.322 e. The van der Waals surface area contributed by atoms with Gasteiger partial charge in [0.15, 0.2) is 9.84 Å². The average Bonchev–Trinajstić information content (AvgIpc) is 2.58. The van der Waals surface area contributed by atoms with Crippen molar-refractivity contribution in [3.8, 4) is 0 Å². The van der Waals surface area contributed by atoms with E-state index in [2.05, 4.69) is 5.32 Å². The van der Waals surface area contributed by atoms with Crippen LogP contribution >= 0.6 is 11.6 Å². The highest BCUT2D eigenvalue weighted by atomic mass is 35.5. The lowest BCUT2D eigenvalue weighted by Crippen LogP contribution is -2.47. The first-order valence-electron chi connectivity index (χ1n) is 7.64. The highest BCUT2D eigenvalue weighted by Crippen LogP contribution is 2.28. The van der Waals surface area contributed by atoms with Gasteiger partial charge in [0.05, 0.1) is 10.8 Å². The third kappa shape index (κ3) is 3.93. The third-order valence-corrected chi connectivity index (χ3v) is 6.42. The Morgan fingerprint density at radius 3 is 2.60 bits per heavy atom. The molecule has 1 aliphatic rings. The van der Waals surface area contributed by atoms with Crippen molar-refractivity contribution in [3.63, 3.8) is 0 Å². The molecule has 2 amide bonds. The molecular weight excluding hydrogens is 367 g/mol. The number of carbonyl (C=O) groups is 1. The van der Waals surface area contributed by atoms with Gasteiger partial charge in [0.2, 0.25) is 0 Å². The standard InChI is InChI=1S/C17H16ClFN2O3S/c18-14-10-13(6-7-15(14)19)20-17(22)21-8-9-25(23,24)16(11-21)12-4-2-1-3-5-12/h1-7,10,16H,8-9,11H2,(H,20,22). The zero-order valence-corrected chi connectivity index (χ0v) is 14.7. The third-order valence-electron chi connectivity index (χ3n) is 4.09. The van der Waals surface area contributed by atoms with E-state index < -0.39 is 26.9 Å². The molecule has 2 aromatic carbocycles. The number of rotatable bonds is 2. The summed E-state index contributed by atoms with van der Waals surface area (Å²) in [4.78, 5) is 13.9. The molecule has 5 nitrogen and oxygen atoms in total. The summed E-state index contributed by atoms with van der Waals surface area (Å²) in [5, 5.41) is 1.76. The lowest BCUT2D eigenvalue weighted by atomic mass is 10.1.